The van der Waals surface area contributed by atoms with E-state index < -0.39 is 0 Å². The number of nitrogens with one attached hydrogen (secondary N) is 1. The largest absolute Gasteiger partial charge is 0.469 e. The lowest BCUT2D eigenvalue weighted by Gasteiger charge is -2.12. The molecule has 2 heterocycles. The molecule has 0 saturated heterocycles. The molecule has 0 bridgehead atoms. The van der Waals surface area contributed by atoms with Crippen LogP contribution >= 0.6 is 0 Å². The van der Waals surface area contributed by atoms with Gasteiger partial charge in [0.2, 0.25) is 0 Å². The topological polar surface area (TPSA) is 43.0 Å². The molecular weight excluding hydrogens is 214 g/mol. The molecule has 1 unspecified atom stereocenters. The fourth-order valence-corrected chi connectivity index (χ4v) is 1.87. The third-order valence-corrected chi connectivity index (χ3v) is 2.85. The first kappa shape index (κ1) is 11.9. The lowest BCUT2D eigenvalue weighted by atomic mass is 10.2. The zero-order valence-corrected chi connectivity index (χ0v) is 10.4. The average Bonchev–Trinajstić information content (AvgIpc) is 2.91. The molecule has 1 atom stereocenters. The van der Waals surface area contributed by atoms with E-state index in [1.165, 1.54) is 0 Å². The monoisotopic (exact) mass is 233 g/mol. The van der Waals surface area contributed by atoms with Crippen LogP contribution in [-0.4, -0.2) is 22.1 Å². The fraction of sp³-hybridized carbons (Fsp3) is 0.462. The molecule has 0 fully saturated rings. The maximum absolute atomic E-state index is 5.32. The Morgan fingerprint density at radius 3 is 3.06 bits per heavy atom. The molecule has 0 aromatic carbocycles. The maximum Gasteiger partial charge on any atom is 0.109 e. The molecule has 2 aromatic heterocycles. The molecular formula is C13H19N3O. The van der Waals surface area contributed by atoms with Crippen molar-refractivity contribution < 1.29 is 4.42 Å². The smallest absolute Gasteiger partial charge is 0.109 e. The third kappa shape index (κ3) is 3.46. The van der Waals surface area contributed by atoms with E-state index in [9.17, 15) is 0 Å². The van der Waals surface area contributed by atoms with E-state index in [0.29, 0.717) is 6.04 Å². The highest BCUT2D eigenvalue weighted by Gasteiger charge is 2.05. The van der Waals surface area contributed by atoms with Crippen LogP contribution in [-0.2, 0) is 19.9 Å². The Kier molecular flexibility index (Phi) is 3.98. The van der Waals surface area contributed by atoms with Crippen molar-refractivity contribution in [2.75, 3.05) is 6.54 Å². The predicted molar refractivity (Wildman–Crippen MR) is 66.8 cm³/mol. The molecule has 2 aromatic rings. The van der Waals surface area contributed by atoms with Gasteiger partial charge in [-0.15, -0.1) is 0 Å². The molecule has 4 nitrogen and oxygen atoms in total. The van der Waals surface area contributed by atoms with E-state index in [1.54, 1.807) is 6.26 Å². The van der Waals surface area contributed by atoms with Gasteiger partial charge < -0.3 is 14.3 Å². The van der Waals surface area contributed by atoms with Gasteiger partial charge in [-0.2, -0.15) is 0 Å². The summed E-state index contributed by atoms with van der Waals surface area (Å²) in [4.78, 5) is 4.29. The predicted octanol–water partition coefficient (Wildman–Crippen LogP) is 1.78. The van der Waals surface area contributed by atoms with Gasteiger partial charge in [0.25, 0.3) is 0 Å². The van der Waals surface area contributed by atoms with Crippen LogP contribution in [0.1, 0.15) is 18.5 Å². The standard InChI is InChI=1S/C13H19N3O/c1-11(10-12-4-3-9-17-12)14-6-5-13-15-7-8-16(13)2/h3-4,7-9,11,14H,5-6,10H2,1-2H3. The van der Waals surface area contributed by atoms with Crippen LogP contribution in [0.15, 0.2) is 35.2 Å². The zero-order chi connectivity index (χ0) is 12.1. The Hall–Kier alpha value is -1.55. The van der Waals surface area contributed by atoms with Crippen LogP contribution < -0.4 is 5.32 Å². The molecule has 0 aliphatic rings. The minimum absolute atomic E-state index is 0.418. The SMILES string of the molecule is CC(Cc1ccco1)NCCc1nccn1C. The van der Waals surface area contributed by atoms with Crippen LogP contribution in [0.4, 0.5) is 0 Å². The second-order valence-electron chi connectivity index (χ2n) is 4.34. The summed E-state index contributed by atoms with van der Waals surface area (Å²) in [6.07, 6.45) is 7.40. The van der Waals surface area contributed by atoms with Crippen molar-refractivity contribution in [3.05, 3.63) is 42.4 Å². The van der Waals surface area contributed by atoms with E-state index in [-0.39, 0.29) is 0 Å². The summed E-state index contributed by atoms with van der Waals surface area (Å²) in [5.74, 6) is 2.14. The summed E-state index contributed by atoms with van der Waals surface area (Å²) in [5, 5.41) is 3.47. The van der Waals surface area contributed by atoms with E-state index in [0.717, 1.165) is 31.0 Å². The Labute approximate surface area is 102 Å². The first-order valence-corrected chi connectivity index (χ1v) is 5.97. The Morgan fingerprint density at radius 1 is 1.53 bits per heavy atom. The number of aromatic nitrogens is 2. The van der Waals surface area contributed by atoms with Crippen LogP contribution in [0.25, 0.3) is 0 Å². The van der Waals surface area contributed by atoms with Crippen molar-refractivity contribution in [2.24, 2.45) is 7.05 Å². The summed E-state index contributed by atoms with van der Waals surface area (Å²) in [7, 11) is 2.02. The highest BCUT2D eigenvalue weighted by Crippen LogP contribution is 2.03. The van der Waals surface area contributed by atoms with E-state index >= 15 is 0 Å². The third-order valence-electron chi connectivity index (χ3n) is 2.85. The molecule has 17 heavy (non-hydrogen) atoms. The number of aryl methyl sites for hydroxylation is 1. The Bertz CT molecular complexity index is 433. The van der Waals surface area contributed by atoms with Crippen LogP contribution in [0.5, 0.6) is 0 Å². The molecule has 4 heteroatoms. The maximum atomic E-state index is 5.32. The van der Waals surface area contributed by atoms with Gasteiger partial charge in [-0.25, -0.2) is 4.98 Å². The molecule has 92 valence electrons. The molecule has 0 saturated carbocycles. The number of hydrogen-bond acceptors (Lipinski definition) is 3. The summed E-state index contributed by atoms with van der Waals surface area (Å²) in [6.45, 7) is 3.10. The fourth-order valence-electron chi connectivity index (χ4n) is 1.87. The molecule has 0 radical (unpaired) electrons. The minimum Gasteiger partial charge on any atom is -0.469 e. The van der Waals surface area contributed by atoms with Gasteiger partial charge in [0.1, 0.15) is 11.6 Å². The number of furan rings is 1. The first-order valence-electron chi connectivity index (χ1n) is 5.97. The summed E-state index contributed by atoms with van der Waals surface area (Å²) in [6, 6.07) is 4.36. The minimum atomic E-state index is 0.418. The lowest BCUT2D eigenvalue weighted by Crippen LogP contribution is -2.30. The molecule has 0 amide bonds. The Balaban J connectivity index is 1.70. The highest BCUT2D eigenvalue weighted by atomic mass is 16.3. The van der Waals surface area contributed by atoms with Crippen LogP contribution in [0.2, 0.25) is 0 Å². The second kappa shape index (κ2) is 5.68. The van der Waals surface area contributed by atoms with Crippen molar-refractivity contribution in [3.8, 4) is 0 Å². The normalized spacial score (nSPS) is 12.8. The van der Waals surface area contributed by atoms with Crippen molar-refractivity contribution in [1.29, 1.82) is 0 Å². The summed E-state index contributed by atoms with van der Waals surface area (Å²) < 4.78 is 7.37. The summed E-state index contributed by atoms with van der Waals surface area (Å²) in [5.41, 5.74) is 0. The number of imidazole rings is 1. The molecule has 0 aliphatic heterocycles. The molecule has 1 N–H and O–H groups in total. The number of rotatable bonds is 6. The Morgan fingerprint density at radius 2 is 2.41 bits per heavy atom. The van der Waals surface area contributed by atoms with Crippen molar-refractivity contribution >= 4 is 0 Å². The quantitative estimate of drug-likeness (QED) is 0.827. The van der Waals surface area contributed by atoms with Crippen LogP contribution in [0.3, 0.4) is 0 Å². The summed E-state index contributed by atoms with van der Waals surface area (Å²) >= 11 is 0. The van der Waals surface area contributed by atoms with Crippen molar-refractivity contribution in [1.82, 2.24) is 14.9 Å². The zero-order valence-electron chi connectivity index (χ0n) is 10.4. The molecule has 2 rings (SSSR count). The van der Waals surface area contributed by atoms with Gasteiger partial charge >= 0.3 is 0 Å². The number of nitrogens with zero attached hydrogens (tertiary/aromatic N) is 2. The van der Waals surface area contributed by atoms with Gasteiger partial charge in [0, 0.05) is 44.9 Å². The lowest BCUT2D eigenvalue weighted by molar-refractivity contribution is 0.456. The van der Waals surface area contributed by atoms with Crippen molar-refractivity contribution in [2.45, 2.75) is 25.8 Å². The van der Waals surface area contributed by atoms with Gasteiger partial charge in [-0.3, -0.25) is 0 Å². The molecule has 0 aliphatic carbocycles. The van der Waals surface area contributed by atoms with E-state index in [1.807, 2.05) is 31.6 Å². The van der Waals surface area contributed by atoms with Gasteiger partial charge in [-0.1, -0.05) is 0 Å². The van der Waals surface area contributed by atoms with Gasteiger partial charge in [0.15, 0.2) is 0 Å². The van der Waals surface area contributed by atoms with E-state index in [4.69, 9.17) is 4.42 Å². The van der Waals surface area contributed by atoms with Crippen LogP contribution in [0, 0.1) is 0 Å². The molecule has 0 spiro atoms. The first-order chi connectivity index (χ1) is 8.25. The van der Waals surface area contributed by atoms with Gasteiger partial charge in [0.05, 0.1) is 6.26 Å². The van der Waals surface area contributed by atoms with E-state index in [2.05, 4.69) is 21.8 Å². The average molecular weight is 233 g/mol. The van der Waals surface area contributed by atoms with Crippen molar-refractivity contribution in [3.63, 3.8) is 0 Å². The van der Waals surface area contributed by atoms with Gasteiger partial charge in [-0.05, 0) is 19.1 Å². The number of hydrogen-bond donors (Lipinski definition) is 1. The highest BCUT2D eigenvalue weighted by molar-refractivity contribution is 5.00. The second-order valence-corrected chi connectivity index (χ2v) is 4.34.